The zero-order valence-electron chi connectivity index (χ0n) is 18.9. The Morgan fingerprint density at radius 1 is 1.06 bits per heavy atom. The van der Waals surface area contributed by atoms with Gasteiger partial charge in [-0.3, -0.25) is 4.79 Å². The van der Waals surface area contributed by atoms with Gasteiger partial charge < -0.3 is 25.3 Å². The summed E-state index contributed by atoms with van der Waals surface area (Å²) in [7, 11) is 0. The topological polar surface area (TPSA) is 82.8 Å². The quantitative estimate of drug-likeness (QED) is 0.546. The van der Waals surface area contributed by atoms with E-state index in [4.69, 9.17) is 19.9 Å². The second-order valence-corrected chi connectivity index (χ2v) is 8.96. The first kappa shape index (κ1) is 21.5. The summed E-state index contributed by atoms with van der Waals surface area (Å²) >= 11 is 0. The lowest BCUT2D eigenvalue weighted by molar-refractivity contribution is -0.141. The molecule has 6 nitrogen and oxygen atoms in total. The summed E-state index contributed by atoms with van der Waals surface area (Å²) in [5.41, 5.74) is 11.9. The number of para-hydroxylation sites is 2. The van der Waals surface area contributed by atoms with Gasteiger partial charge in [0.2, 0.25) is 0 Å². The van der Waals surface area contributed by atoms with Crippen LogP contribution in [0, 0.1) is 0 Å². The van der Waals surface area contributed by atoms with Crippen LogP contribution in [0.2, 0.25) is 0 Å². The first-order valence-electron chi connectivity index (χ1n) is 11.3. The van der Waals surface area contributed by atoms with E-state index in [0.717, 1.165) is 40.2 Å². The molecule has 0 amide bonds. The van der Waals surface area contributed by atoms with Crippen LogP contribution in [-0.4, -0.2) is 30.9 Å². The van der Waals surface area contributed by atoms with Crippen LogP contribution in [0.5, 0.6) is 5.75 Å². The van der Waals surface area contributed by atoms with Crippen LogP contribution in [-0.2, 0) is 22.3 Å². The first-order valence-corrected chi connectivity index (χ1v) is 11.3. The third-order valence-electron chi connectivity index (χ3n) is 6.10. The SMILES string of the molecule is CC1(C)OC[C@H](COc2cccc3c2CCc2cc(Nc4ccccc4N)ccc2C3=O)O1. The fourth-order valence-electron chi connectivity index (χ4n) is 4.47. The number of carbonyl (C=O) groups is 1. The highest BCUT2D eigenvalue weighted by Crippen LogP contribution is 2.33. The molecule has 0 bridgehead atoms. The number of nitrogens with one attached hydrogen (secondary N) is 1. The minimum absolute atomic E-state index is 0.0234. The van der Waals surface area contributed by atoms with E-state index in [2.05, 4.69) is 5.32 Å². The maximum atomic E-state index is 13.4. The minimum Gasteiger partial charge on any atom is -0.490 e. The number of nitrogens with two attached hydrogens (primary N) is 1. The smallest absolute Gasteiger partial charge is 0.193 e. The van der Waals surface area contributed by atoms with Gasteiger partial charge in [0, 0.05) is 22.4 Å². The van der Waals surface area contributed by atoms with Crippen molar-refractivity contribution in [3.63, 3.8) is 0 Å². The summed E-state index contributed by atoms with van der Waals surface area (Å²) < 4.78 is 17.6. The van der Waals surface area contributed by atoms with Gasteiger partial charge in [0.05, 0.1) is 18.0 Å². The molecule has 1 aliphatic heterocycles. The van der Waals surface area contributed by atoms with E-state index in [9.17, 15) is 4.79 Å². The lowest BCUT2D eigenvalue weighted by atomic mass is 9.98. The molecule has 1 fully saturated rings. The number of carbonyl (C=O) groups excluding carboxylic acids is 1. The number of hydrogen-bond acceptors (Lipinski definition) is 6. The average Bonchev–Trinajstić information content (AvgIpc) is 3.08. The van der Waals surface area contributed by atoms with Crippen LogP contribution in [0.1, 0.15) is 40.9 Å². The van der Waals surface area contributed by atoms with Gasteiger partial charge in [0.1, 0.15) is 18.5 Å². The molecular weight excluding hydrogens is 416 g/mol. The number of ether oxygens (including phenoxy) is 3. The maximum Gasteiger partial charge on any atom is 0.193 e. The predicted molar refractivity (Wildman–Crippen MR) is 128 cm³/mol. The highest BCUT2D eigenvalue weighted by atomic mass is 16.7. The number of anilines is 3. The normalized spacial score (nSPS) is 18.8. The van der Waals surface area contributed by atoms with Crippen molar-refractivity contribution in [2.24, 2.45) is 0 Å². The van der Waals surface area contributed by atoms with E-state index >= 15 is 0 Å². The molecule has 1 saturated heterocycles. The molecule has 0 spiro atoms. The van der Waals surface area contributed by atoms with Crippen molar-refractivity contribution in [1.82, 2.24) is 0 Å². The number of fused-ring (bicyclic) bond motifs is 2. The van der Waals surface area contributed by atoms with Crippen LogP contribution >= 0.6 is 0 Å². The molecular formula is C27H28N2O4. The van der Waals surface area contributed by atoms with Crippen molar-refractivity contribution in [3.05, 3.63) is 82.9 Å². The Kier molecular flexibility index (Phi) is 5.56. The van der Waals surface area contributed by atoms with E-state index < -0.39 is 5.79 Å². The molecule has 0 unspecified atom stereocenters. The number of nitrogen functional groups attached to an aromatic ring is 1. The van der Waals surface area contributed by atoms with Crippen molar-refractivity contribution in [2.75, 3.05) is 24.3 Å². The second kappa shape index (κ2) is 8.54. The summed E-state index contributed by atoms with van der Waals surface area (Å²) in [5, 5.41) is 3.36. The van der Waals surface area contributed by atoms with Gasteiger partial charge in [-0.1, -0.05) is 24.3 Å². The molecule has 1 aliphatic carbocycles. The van der Waals surface area contributed by atoms with Gasteiger partial charge in [0.25, 0.3) is 0 Å². The molecule has 0 aromatic heterocycles. The zero-order chi connectivity index (χ0) is 23.0. The molecule has 1 atom stereocenters. The molecule has 5 rings (SSSR count). The lowest BCUT2D eigenvalue weighted by Gasteiger charge is -2.18. The molecule has 0 saturated carbocycles. The van der Waals surface area contributed by atoms with E-state index in [-0.39, 0.29) is 11.9 Å². The standard InChI is InChI=1S/C27H28N2O4/c1-27(2)32-16-19(33-27)15-31-25-9-5-6-22-21(25)12-10-17-14-18(11-13-20(17)26(22)30)29-24-8-4-3-7-23(24)28/h3-9,11,13-14,19,29H,10,12,15-16,28H2,1-2H3/t19-/m0/s1. The summed E-state index contributed by atoms with van der Waals surface area (Å²) in [6.45, 7) is 4.67. The Morgan fingerprint density at radius 3 is 2.70 bits per heavy atom. The van der Waals surface area contributed by atoms with E-state index in [1.165, 1.54) is 0 Å². The van der Waals surface area contributed by atoms with Crippen LogP contribution < -0.4 is 15.8 Å². The lowest BCUT2D eigenvalue weighted by Crippen LogP contribution is -2.25. The van der Waals surface area contributed by atoms with Crippen LogP contribution in [0.25, 0.3) is 0 Å². The number of aryl methyl sites for hydroxylation is 1. The van der Waals surface area contributed by atoms with Crippen molar-refractivity contribution in [2.45, 2.75) is 38.6 Å². The van der Waals surface area contributed by atoms with Gasteiger partial charge in [-0.2, -0.15) is 0 Å². The van der Waals surface area contributed by atoms with Crippen molar-refractivity contribution in [3.8, 4) is 5.75 Å². The van der Waals surface area contributed by atoms with Crippen LogP contribution in [0.3, 0.4) is 0 Å². The van der Waals surface area contributed by atoms with E-state index in [0.29, 0.717) is 30.9 Å². The summed E-state index contributed by atoms with van der Waals surface area (Å²) in [5.74, 6) is 0.169. The van der Waals surface area contributed by atoms with Gasteiger partial charge in [-0.25, -0.2) is 0 Å². The van der Waals surface area contributed by atoms with Gasteiger partial charge >= 0.3 is 0 Å². The number of hydrogen-bond donors (Lipinski definition) is 2. The molecule has 170 valence electrons. The zero-order valence-corrected chi connectivity index (χ0v) is 18.9. The third-order valence-corrected chi connectivity index (χ3v) is 6.10. The third kappa shape index (κ3) is 4.45. The van der Waals surface area contributed by atoms with Crippen molar-refractivity contribution in [1.29, 1.82) is 0 Å². The van der Waals surface area contributed by atoms with E-state index in [1.807, 2.05) is 74.5 Å². The number of ketones is 1. The summed E-state index contributed by atoms with van der Waals surface area (Å²) in [4.78, 5) is 13.4. The fourth-order valence-corrected chi connectivity index (χ4v) is 4.47. The highest BCUT2D eigenvalue weighted by molar-refractivity contribution is 6.11. The molecule has 0 radical (unpaired) electrons. The predicted octanol–water partition coefficient (Wildman–Crippen LogP) is 4.87. The van der Waals surface area contributed by atoms with Crippen LogP contribution in [0.4, 0.5) is 17.1 Å². The molecule has 3 N–H and O–H groups in total. The van der Waals surface area contributed by atoms with Crippen molar-refractivity contribution < 1.29 is 19.0 Å². The first-order chi connectivity index (χ1) is 15.9. The molecule has 2 aliphatic rings. The minimum atomic E-state index is -0.588. The van der Waals surface area contributed by atoms with Gasteiger partial charge in [-0.05, 0) is 68.7 Å². The van der Waals surface area contributed by atoms with E-state index in [1.54, 1.807) is 0 Å². The van der Waals surface area contributed by atoms with Crippen molar-refractivity contribution >= 4 is 22.8 Å². The number of rotatable bonds is 5. The van der Waals surface area contributed by atoms with Crippen LogP contribution in [0.15, 0.2) is 60.7 Å². The molecule has 1 heterocycles. The Hall–Kier alpha value is -3.35. The average molecular weight is 445 g/mol. The van der Waals surface area contributed by atoms with Gasteiger partial charge in [0.15, 0.2) is 11.6 Å². The Balaban J connectivity index is 1.37. The summed E-state index contributed by atoms with van der Waals surface area (Å²) in [6, 6.07) is 19.2. The molecule has 3 aromatic rings. The monoisotopic (exact) mass is 444 g/mol. The largest absolute Gasteiger partial charge is 0.490 e. The summed E-state index contributed by atoms with van der Waals surface area (Å²) in [6.07, 6.45) is 1.33. The maximum absolute atomic E-state index is 13.4. The fraction of sp³-hybridized carbons (Fsp3) is 0.296. The Morgan fingerprint density at radius 2 is 1.91 bits per heavy atom. The highest BCUT2D eigenvalue weighted by Gasteiger charge is 2.33. The molecule has 6 heteroatoms. The second-order valence-electron chi connectivity index (χ2n) is 8.96. The van der Waals surface area contributed by atoms with Gasteiger partial charge in [-0.15, -0.1) is 0 Å². The molecule has 3 aromatic carbocycles. The Bertz CT molecular complexity index is 1200. The number of benzene rings is 3. The molecule has 33 heavy (non-hydrogen) atoms. The Labute approximate surface area is 193 Å².